The zero-order chi connectivity index (χ0) is 24.8. The molecule has 188 valence electrons. The third-order valence-electron chi connectivity index (χ3n) is 7.35. The van der Waals surface area contributed by atoms with E-state index in [1.54, 1.807) is 0 Å². The first-order valence-electron chi connectivity index (χ1n) is 13.8. The van der Waals surface area contributed by atoms with E-state index in [9.17, 15) is 0 Å². The van der Waals surface area contributed by atoms with Gasteiger partial charge in [-0.3, -0.25) is 0 Å². The van der Waals surface area contributed by atoms with Crippen molar-refractivity contribution in [1.29, 1.82) is 0 Å². The van der Waals surface area contributed by atoms with Gasteiger partial charge < -0.3 is 11.5 Å². The van der Waals surface area contributed by atoms with Crippen molar-refractivity contribution >= 4 is 11.4 Å². The van der Waals surface area contributed by atoms with Gasteiger partial charge in [-0.15, -0.1) is 0 Å². The van der Waals surface area contributed by atoms with Crippen molar-refractivity contribution in [2.45, 2.75) is 90.4 Å². The summed E-state index contributed by atoms with van der Waals surface area (Å²) in [5, 5.41) is 0. The highest BCUT2D eigenvalue weighted by Gasteiger charge is 2.31. The first-order valence-corrected chi connectivity index (χ1v) is 13.8. The molecule has 0 aromatic heterocycles. The number of nitrogen functional groups attached to an aromatic ring is 2. The number of hydrogen-bond donors (Lipinski definition) is 2. The average molecular weight is 471 g/mol. The molecule has 0 saturated carbocycles. The van der Waals surface area contributed by atoms with Crippen LogP contribution in [0.1, 0.15) is 87.8 Å². The smallest absolute Gasteiger partial charge is 0.0314 e. The molecule has 0 aliphatic rings. The van der Waals surface area contributed by atoms with Crippen molar-refractivity contribution < 1.29 is 0 Å². The van der Waals surface area contributed by atoms with Gasteiger partial charge in [-0.1, -0.05) is 119 Å². The average Bonchev–Trinajstić information content (AvgIpc) is 2.86. The largest absolute Gasteiger partial charge is 0.399 e. The van der Waals surface area contributed by atoms with Crippen molar-refractivity contribution in [3.63, 3.8) is 0 Å². The minimum Gasteiger partial charge on any atom is -0.399 e. The van der Waals surface area contributed by atoms with Gasteiger partial charge in [-0.25, -0.2) is 0 Å². The monoisotopic (exact) mass is 470 g/mol. The van der Waals surface area contributed by atoms with E-state index in [0.29, 0.717) is 0 Å². The molecule has 2 nitrogen and oxygen atoms in total. The summed E-state index contributed by atoms with van der Waals surface area (Å²) in [6.07, 6.45) is 16.7. The third-order valence-corrected chi connectivity index (χ3v) is 7.35. The second-order valence-corrected chi connectivity index (χ2v) is 10.6. The Hall–Kier alpha value is -2.74. The summed E-state index contributed by atoms with van der Waals surface area (Å²) in [4.78, 5) is 0. The van der Waals surface area contributed by atoms with Gasteiger partial charge in [0.25, 0.3) is 0 Å². The molecule has 2 heteroatoms. The predicted octanol–water partition coefficient (Wildman–Crippen LogP) is 8.79. The molecular formula is C33H46N2. The van der Waals surface area contributed by atoms with Crippen LogP contribution in [0.4, 0.5) is 11.4 Å². The van der Waals surface area contributed by atoms with Gasteiger partial charge in [-0.05, 0) is 72.1 Å². The highest BCUT2D eigenvalue weighted by molar-refractivity contribution is 5.41. The van der Waals surface area contributed by atoms with Crippen LogP contribution in [-0.4, -0.2) is 0 Å². The van der Waals surface area contributed by atoms with E-state index >= 15 is 0 Å². The highest BCUT2D eigenvalue weighted by atomic mass is 14.5. The summed E-state index contributed by atoms with van der Waals surface area (Å²) >= 11 is 0. The summed E-state index contributed by atoms with van der Waals surface area (Å²) in [6.45, 7) is 2.29. The lowest BCUT2D eigenvalue weighted by Gasteiger charge is -2.35. The Morgan fingerprint density at radius 3 is 1.34 bits per heavy atom. The summed E-state index contributed by atoms with van der Waals surface area (Å²) in [5.41, 5.74) is 18.0. The van der Waals surface area contributed by atoms with Crippen LogP contribution in [0.5, 0.6) is 0 Å². The van der Waals surface area contributed by atoms with Gasteiger partial charge in [-0.2, -0.15) is 0 Å². The molecule has 0 unspecified atom stereocenters. The molecule has 0 heterocycles. The number of nitrogens with two attached hydrogens (primary N) is 2. The zero-order valence-electron chi connectivity index (χ0n) is 21.9. The Bertz CT molecular complexity index is 897. The molecule has 0 aliphatic carbocycles. The first kappa shape index (κ1) is 26.9. The van der Waals surface area contributed by atoms with Gasteiger partial charge in [0.05, 0.1) is 0 Å². The zero-order valence-corrected chi connectivity index (χ0v) is 21.9. The van der Waals surface area contributed by atoms with Crippen LogP contribution < -0.4 is 11.5 Å². The number of unbranched alkanes of at least 4 members (excludes halogenated alkanes) is 8. The maximum atomic E-state index is 6.00. The molecule has 0 radical (unpaired) electrons. The van der Waals surface area contributed by atoms with E-state index < -0.39 is 0 Å². The fourth-order valence-corrected chi connectivity index (χ4v) is 5.43. The third kappa shape index (κ3) is 9.80. The summed E-state index contributed by atoms with van der Waals surface area (Å²) in [5.74, 6) is 0. The van der Waals surface area contributed by atoms with E-state index in [2.05, 4.69) is 61.5 Å². The van der Waals surface area contributed by atoms with Crippen LogP contribution in [0.25, 0.3) is 0 Å². The van der Waals surface area contributed by atoms with Crippen LogP contribution in [0.15, 0.2) is 78.9 Å². The molecular weight excluding hydrogens is 424 g/mol. The number of rotatable bonds is 16. The van der Waals surface area contributed by atoms with Gasteiger partial charge >= 0.3 is 0 Å². The van der Waals surface area contributed by atoms with E-state index in [1.807, 2.05) is 24.3 Å². The molecule has 0 atom stereocenters. The SMILES string of the molecule is CCCCCCCCCCCC(Cc1ccccc1)(Cc1ccc(N)cc1)Cc1ccc(N)cc1. The van der Waals surface area contributed by atoms with Gasteiger partial charge in [0.2, 0.25) is 0 Å². The molecule has 0 amide bonds. The molecule has 0 fully saturated rings. The van der Waals surface area contributed by atoms with Crippen molar-refractivity contribution in [2.24, 2.45) is 5.41 Å². The Labute approximate surface area is 214 Å². The fraction of sp³-hybridized carbons (Fsp3) is 0.455. The summed E-state index contributed by atoms with van der Waals surface area (Å²) in [6, 6.07) is 28.1. The van der Waals surface area contributed by atoms with Crippen molar-refractivity contribution in [3.8, 4) is 0 Å². The minimum atomic E-state index is 0.161. The number of anilines is 2. The van der Waals surface area contributed by atoms with Crippen LogP contribution >= 0.6 is 0 Å². The normalized spacial score (nSPS) is 11.6. The lowest BCUT2D eigenvalue weighted by molar-refractivity contribution is 0.243. The van der Waals surface area contributed by atoms with Crippen molar-refractivity contribution in [3.05, 3.63) is 95.6 Å². The lowest BCUT2D eigenvalue weighted by Crippen LogP contribution is -2.30. The summed E-state index contributed by atoms with van der Waals surface area (Å²) in [7, 11) is 0. The molecule has 3 aromatic rings. The van der Waals surface area contributed by atoms with Crippen LogP contribution in [0.3, 0.4) is 0 Å². The van der Waals surface area contributed by atoms with E-state index in [4.69, 9.17) is 11.5 Å². The molecule has 3 aromatic carbocycles. The maximum absolute atomic E-state index is 6.00. The number of hydrogen-bond acceptors (Lipinski definition) is 2. The lowest BCUT2D eigenvalue weighted by atomic mass is 9.69. The molecule has 35 heavy (non-hydrogen) atoms. The van der Waals surface area contributed by atoms with Crippen molar-refractivity contribution in [1.82, 2.24) is 0 Å². The quantitative estimate of drug-likeness (QED) is 0.162. The number of benzene rings is 3. The highest BCUT2D eigenvalue weighted by Crippen LogP contribution is 2.38. The molecule has 0 aliphatic heterocycles. The van der Waals surface area contributed by atoms with Crippen molar-refractivity contribution in [2.75, 3.05) is 11.5 Å². The second kappa shape index (κ2) is 14.6. The molecule has 0 spiro atoms. The standard InChI is InChI=1S/C33H46N2/c1-2-3-4-5-6-7-8-9-13-24-33(25-28-14-11-10-12-15-28,26-29-16-20-31(34)21-17-29)27-30-18-22-32(35)23-19-30/h10-12,14-23H,2-9,13,24-27,34-35H2,1H3. The fourth-order valence-electron chi connectivity index (χ4n) is 5.43. The van der Waals surface area contributed by atoms with Gasteiger partial charge in [0.15, 0.2) is 0 Å². The molecule has 3 rings (SSSR count). The minimum absolute atomic E-state index is 0.161. The van der Waals surface area contributed by atoms with Gasteiger partial charge in [0, 0.05) is 11.4 Å². The van der Waals surface area contributed by atoms with Crippen LogP contribution in [-0.2, 0) is 19.3 Å². The topological polar surface area (TPSA) is 52.0 Å². The van der Waals surface area contributed by atoms with Crippen LogP contribution in [0.2, 0.25) is 0 Å². The molecule has 0 bridgehead atoms. The van der Waals surface area contributed by atoms with Crippen LogP contribution in [0, 0.1) is 5.41 Å². The van der Waals surface area contributed by atoms with Gasteiger partial charge in [0.1, 0.15) is 0 Å². The van der Waals surface area contributed by atoms with E-state index in [0.717, 1.165) is 30.6 Å². The Kier molecular flexibility index (Phi) is 11.2. The van der Waals surface area contributed by atoms with E-state index in [-0.39, 0.29) is 5.41 Å². The molecule has 4 N–H and O–H groups in total. The maximum Gasteiger partial charge on any atom is 0.0314 e. The Balaban J connectivity index is 1.74. The van der Waals surface area contributed by atoms with E-state index in [1.165, 1.54) is 80.9 Å². The second-order valence-electron chi connectivity index (χ2n) is 10.6. The Morgan fingerprint density at radius 1 is 0.486 bits per heavy atom. The molecule has 0 saturated heterocycles. The predicted molar refractivity (Wildman–Crippen MR) is 154 cm³/mol. The summed E-state index contributed by atoms with van der Waals surface area (Å²) < 4.78 is 0. The first-order chi connectivity index (χ1) is 17.1. The Morgan fingerprint density at radius 2 is 0.886 bits per heavy atom.